The fraction of sp³-hybridized carbons (Fsp3) is 0.364. The number of hydrogen-bond donors (Lipinski definition) is 1. The molecule has 1 aromatic heterocycles. The Kier molecular flexibility index (Phi) is 5.21. The Morgan fingerprint density at radius 3 is 2.63 bits per heavy atom. The summed E-state index contributed by atoms with van der Waals surface area (Å²) in [5.74, 6) is 0.865. The molecular formula is C22H25N3O2. The van der Waals surface area contributed by atoms with Crippen molar-refractivity contribution in [2.75, 3.05) is 13.2 Å². The van der Waals surface area contributed by atoms with Gasteiger partial charge in [-0.25, -0.2) is 4.68 Å². The zero-order chi connectivity index (χ0) is 18.6. The van der Waals surface area contributed by atoms with Crippen LogP contribution in [0.5, 0.6) is 5.75 Å². The van der Waals surface area contributed by atoms with E-state index in [0.29, 0.717) is 11.4 Å². The Morgan fingerprint density at radius 2 is 1.89 bits per heavy atom. The minimum Gasteiger partial charge on any atom is -0.494 e. The Hall–Kier alpha value is -2.66. The van der Waals surface area contributed by atoms with Crippen molar-refractivity contribution in [3.63, 3.8) is 0 Å². The summed E-state index contributed by atoms with van der Waals surface area (Å²) in [6.07, 6.45) is 4.88. The van der Waals surface area contributed by atoms with Crippen molar-refractivity contribution in [3.8, 4) is 17.0 Å². The van der Waals surface area contributed by atoms with Crippen LogP contribution < -0.4 is 15.6 Å². The summed E-state index contributed by atoms with van der Waals surface area (Å²) in [6, 6.07) is 16.2. The molecule has 0 spiro atoms. The second-order valence-electron chi connectivity index (χ2n) is 7.13. The van der Waals surface area contributed by atoms with Crippen LogP contribution in [0.1, 0.15) is 25.7 Å². The van der Waals surface area contributed by atoms with Crippen LogP contribution in [0.4, 0.5) is 0 Å². The minimum absolute atomic E-state index is 0.0781. The predicted molar refractivity (Wildman–Crippen MR) is 108 cm³/mol. The lowest BCUT2D eigenvalue weighted by Gasteiger charge is -2.23. The SMILES string of the molecule is Cn1nc(-c2ccc(OCCC3CCCCN3)cc2)c2ccccc2c1=O. The van der Waals surface area contributed by atoms with Crippen molar-refractivity contribution < 1.29 is 4.74 Å². The van der Waals surface area contributed by atoms with E-state index >= 15 is 0 Å². The minimum atomic E-state index is -0.0781. The van der Waals surface area contributed by atoms with Gasteiger partial charge in [0.15, 0.2) is 0 Å². The summed E-state index contributed by atoms with van der Waals surface area (Å²) in [5, 5.41) is 9.58. The Labute approximate surface area is 159 Å². The number of benzene rings is 2. The first kappa shape index (κ1) is 17.7. The van der Waals surface area contributed by atoms with Gasteiger partial charge >= 0.3 is 0 Å². The van der Waals surface area contributed by atoms with Crippen LogP contribution in [-0.2, 0) is 7.05 Å². The molecule has 1 aliphatic heterocycles. The van der Waals surface area contributed by atoms with Gasteiger partial charge in [-0.3, -0.25) is 4.79 Å². The van der Waals surface area contributed by atoms with Crippen molar-refractivity contribution in [2.45, 2.75) is 31.7 Å². The highest BCUT2D eigenvalue weighted by molar-refractivity contribution is 5.93. The quantitative estimate of drug-likeness (QED) is 0.754. The molecule has 0 amide bonds. The number of aryl methyl sites for hydroxylation is 1. The fourth-order valence-corrected chi connectivity index (χ4v) is 3.71. The summed E-state index contributed by atoms with van der Waals surface area (Å²) < 4.78 is 7.32. The van der Waals surface area contributed by atoms with Crippen LogP contribution in [0.25, 0.3) is 22.0 Å². The van der Waals surface area contributed by atoms with Crippen molar-refractivity contribution in [1.29, 1.82) is 0 Å². The van der Waals surface area contributed by atoms with E-state index in [-0.39, 0.29) is 5.56 Å². The van der Waals surface area contributed by atoms with E-state index in [1.54, 1.807) is 7.05 Å². The van der Waals surface area contributed by atoms with Crippen molar-refractivity contribution in [3.05, 3.63) is 58.9 Å². The Bertz CT molecular complexity index is 973. The van der Waals surface area contributed by atoms with E-state index in [4.69, 9.17) is 4.74 Å². The highest BCUT2D eigenvalue weighted by Gasteiger charge is 2.13. The van der Waals surface area contributed by atoms with Crippen LogP contribution in [0.15, 0.2) is 53.3 Å². The van der Waals surface area contributed by atoms with Gasteiger partial charge in [0.1, 0.15) is 5.75 Å². The van der Waals surface area contributed by atoms with E-state index < -0.39 is 0 Å². The van der Waals surface area contributed by atoms with E-state index in [0.717, 1.165) is 42.0 Å². The molecule has 27 heavy (non-hydrogen) atoms. The molecule has 1 saturated heterocycles. The third-order valence-electron chi connectivity index (χ3n) is 5.23. The molecule has 1 atom stereocenters. The number of piperidine rings is 1. The summed E-state index contributed by atoms with van der Waals surface area (Å²) in [6.45, 7) is 1.85. The maximum atomic E-state index is 12.3. The molecule has 3 aromatic rings. The monoisotopic (exact) mass is 363 g/mol. The second kappa shape index (κ2) is 7.92. The molecule has 2 heterocycles. The molecule has 1 unspecified atom stereocenters. The molecule has 1 N–H and O–H groups in total. The Morgan fingerprint density at radius 1 is 1.11 bits per heavy atom. The first-order valence-corrected chi connectivity index (χ1v) is 9.65. The Balaban J connectivity index is 1.50. The van der Waals surface area contributed by atoms with Gasteiger partial charge in [-0.05, 0) is 56.1 Å². The smallest absolute Gasteiger partial charge is 0.274 e. The van der Waals surface area contributed by atoms with Gasteiger partial charge in [0.05, 0.1) is 17.7 Å². The maximum absolute atomic E-state index is 12.3. The van der Waals surface area contributed by atoms with Gasteiger partial charge in [0, 0.05) is 24.0 Å². The molecule has 0 bridgehead atoms. The summed E-state index contributed by atoms with van der Waals surface area (Å²) in [5.41, 5.74) is 1.71. The third kappa shape index (κ3) is 3.88. The highest BCUT2D eigenvalue weighted by atomic mass is 16.5. The average Bonchev–Trinajstić information content (AvgIpc) is 2.72. The molecular weight excluding hydrogens is 338 g/mol. The highest BCUT2D eigenvalue weighted by Crippen LogP contribution is 2.26. The first-order chi connectivity index (χ1) is 13.2. The average molecular weight is 363 g/mol. The van der Waals surface area contributed by atoms with Crippen molar-refractivity contribution in [2.24, 2.45) is 7.05 Å². The topological polar surface area (TPSA) is 56.1 Å². The van der Waals surface area contributed by atoms with Crippen LogP contribution in [0.2, 0.25) is 0 Å². The van der Waals surface area contributed by atoms with Gasteiger partial charge in [-0.1, -0.05) is 24.6 Å². The lowest BCUT2D eigenvalue weighted by Crippen LogP contribution is -2.35. The third-order valence-corrected chi connectivity index (χ3v) is 5.23. The van der Waals surface area contributed by atoms with Gasteiger partial charge in [0.2, 0.25) is 0 Å². The van der Waals surface area contributed by atoms with E-state index in [2.05, 4.69) is 10.4 Å². The molecule has 140 valence electrons. The summed E-state index contributed by atoms with van der Waals surface area (Å²) in [7, 11) is 1.69. The van der Waals surface area contributed by atoms with Crippen LogP contribution in [0.3, 0.4) is 0 Å². The van der Waals surface area contributed by atoms with Gasteiger partial charge < -0.3 is 10.1 Å². The molecule has 1 fully saturated rings. The normalized spacial score (nSPS) is 17.1. The zero-order valence-corrected chi connectivity index (χ0v) is 15.6. The van der Waals surface area contributed by atoms with Gasteiger partial charge in [-0.2, -0.15) is 5.10 Å². The number of aromatic nitrogens is 2. The molecule has 2 aromatic carbocycles. The number of rotatable bonds is 5. The molecule has 0 saturated carbocycles. The fourth-order valence-electron chi connectivity index (χ4n) is 3.71. The largest absolute Gasteiger partial charge is 0.494 e. The van der Waals surface area contributed by atoms with Crippen LogP contribution >= 0.6 is 0 Å². The molecule has 4 rings (SSSR count). The first-order valence-electron chi connectivity index (χ1n) is 9.65. The van der Waals surface area contributed by atoms with Crippen molar-refractivity contribution in [1.82, 2.24) is 15.1 Å². The number of ether oxygens (including phenoxy) is 1. The van der Waals surface area contributed by atoms with Crippen molar-refractivity contribution >= 4 is 10.8 Å². The zero-order valence-electron chi connectivity index (χ0n) is 15.6. The van der Waals surface area contributed by atoms with Crippen LogP contribution in [0, 0.1) is 0 Å². The molecule has 1 aliphatic rings. The summed E-state index contributed by atoms with van der Waals surface area (Å²) in [4.78, 5) is 12.3. The predicted octanol–water partition coefficient (Wildman–Crippen LogP) is 3.51. The number of nitrogens with one attached hydrogen (secondary N) is 1. The molecule has 5 nitrogen and oxygen atoms in total. The second-order valence-corrected chi connectivity index (χ2v) is 7.13. The number of fused-ring (bicyclic) bond motifs is 1. The standard InChI is InChI=1S/C22H25N3O2/c1-25-22(26)20-8-3-2-7-19(20)21(24-25)16-9-11-18(12-10-16)27-15-13-17-6-4-5-14-23-17/h2-3,7-12,17,23H,4-6,13-15H2,1H3. The lowest BCUT2D eigenvalue weighted by molar-refractivity contribution is 0.268. The summed E-state index contributed by atoms with van der Waals surface area (Å²) >= 11 is 0. The van der Waals surface area contributed by atoms with Gasteiger partial charge in [0.25, 0.3) is 5.56 Å². The molecule has 5 heteroatoms. The van der Waals surface area contributed by atoms with E-state index in [9.17, 15) is 4.79 Å². The van der Waals surface area contributed by atoms with E-state index in [1.807, 2.05) is 48.5 Å². The van der Waals surface area contributed by atoms with Gasteiger partial charge in [-0.15, -0.1) is 0 Å². The van der Waals surface area contributed by atoms with E-state index in [1.165, 1.54) is 23.9 Å². The van der Waals surface area contributed by atoms with Crippen LogP contribution in [-0.4, -0.2) is 29.0 Å². The molecule has 0 aliphatic carbocycles. The maximum Gasteiger partial charge on any atom is 0.274 e. The molecule has 0 radical (unpaired) electrons. The lowest BCUT2D eigenvalue weighted by atomic mass is 10.0. The number of hydrogen-bond acceptors (Lipinski definition) is 4. The number of nitrogens with zero attached hydrogens (tertiary/aromatic N) is 2.